The molecule has 1 aromatic heterocycles. The van der Waals surface area contributed by atoms with Crippen LogP contribution in [0.2, 0.25) is 0 Å². The van der Waals surface area contributed by atoms with Gasteiger partial charge in [0.2, 0.25) is 0 Å². The van der Waals surface area contributed by atoms with E-state index < -0.39 is 10.8 Å². The third-order valence-corrected chi connectivity index (χ3v) is 4.66. The fourth-order valence-corrected chi connectivity index (χ4v) is 3.23. The summed E-state index contributed by atoms with van der Waals surface area (Å²) in [5.74, 6) is 0.581. The van der Waals surface area contributed by atoms with Gasteiger partial charge in [0.15, 0.2) is 0 Å². The van der Waals surface area contributed by atoms with E-state index in [4.69, 9.17) is 0 Å². The van der Waals surface area contributed by atoms with E-state index in [1.807, 2.05) is 47.2 Å². The SMILES string of the molecule is O=S(C=Cc1ccsc1)Cc1ccc(I)cc1. The fourth-order valence-electron chi connectivity index (χ4n) is 1.32. The molecule has 0 aliphatic rings. The van der Waals surface area contributed by atoms with Crippen LogP contribution in [-0.4, -0.2) is 4.21 Å². The molecule has 0 N–H and O–H groups in total. The largest absolute Gasteiger partial charge is 0.255 e. The topological polar surface area (TPSA) is 17.1 Å². The molecule has 0 saturated carbocycles. The zero-order chi connectivity index (χ0) is 12.1. The van der Waals surface area contributed by atoms with Crippen molar-refractivity contribution < 1.29 is 4.21 Å². The highest BCUT2D eigenvalue weighted by atomic mass is 127. The van der Waals surface area contributed by atoms with E-state index in [1.54, 1.807) is 16.7 Å². The lowest BCUT2D eigenvalue weighted by Gasteiger charge is -1.98. The second-order valence-corrected chi connectivity index (χ2v) is 6.86. The van der Waals surface area contributed by atoms with E-state index in [-0.39, 0.29) is 0 Å². The summed E-state index contributed by atoms with van der Waals surface area (Å²) in [6.45, 7) is 0. The van der Waals surface area contributed by atoms with Gasteiger partial charge in [-0.05, 0) is 68.8 Å². The second-order valence-electron chi connectivity index (χ2n) is 3.51. The van der Waals surface area contributed by atoms with Gasteiger partial charge in [-0.25, -0.2) is 0 Å². The van der Waals surface area contributed by atoms with Crippen LogP contribution in [0.5, 0.6) is 0 Å². The fraction of sp³-hybridized carbons (Fsp3) is 0.0769. The van der Waals surface area contributed by atoms with Crippen LogP contribution in [0.15, 0.2) is 46.5 Å². The molecular weight excluding hydrogens is 363 g/mol. The Bertz CT molecular complexity index is 515. The lowest BCUT2D eigenvalue weighted by Crippen LogP contribution is -1.91. The lowest BCUT2D eigenvalue weighted by atomic mass is 10.2. The van der Waals surface area contributed by atoms with Crippen molar-refractivity contribution in [2.45, 2.75) is 5.75 Å². The Morgan fingerprint density at radius 2 is 2.00 bits per heavy atom. The second kappa shape index (κ2) is 6.47. The molecule has 0 bridgehead atoms. The average molecular weight is 374 g/mol. The summed E-state index contributed by atoms with van der Waals surface area (Å²) in [5.41, 5.74) is 2.23. The number of benzene rings is 1. The van der Waals surface area contributed by atoms with E-state index in [1.165, 1.54) is 3.57 Å². The molecular formula is C13H11IOS2. The highest BCUT2D eigenvalue weighted by Crippen LogP contribution is 2.11. The van der Waals surface area contributed by atoms with Gasteiger partial charge in [-0.3, -0.25) is 4.21 Å². The Kier molecular flexibility index (Phi) is 4.94. The Hall–Kier alpha value is -0.460. The summed E-state index contributed by atoms with van der Waals surface area (Å²) in [6.07, 6.45) is 1.92. The van der Waals surface area contributed by atoms with Crippen molar-refractivity contribution >= 4 is 50.8 Å². The minimum atomic E-state index is -0.941. The van der Waals surface area contributed by atoms with Crippen molar-refractivity contribution in [3.63, 3.8) is 0 Å². The maximum atomic E-state index is 11.8. The lowest BCUT2D eigenvalue weighted by molar-refractivity contribution is 0.688. The molecule has 1 atom stereocenters. The van der Waals surface area contributed by atoms with Crippen LogP contribution in [-0.2, 0) is 16.6 Å². The summed E-state index contributed by atoms with van der Waals surface area (Å²) >= 11 is 3.91. The number of thiophene rings is 1. The van der Waals surface area contributed by atoms with Gasteiger partial charge in [0.1, 0.15) is 0 Å². The number of halogens is 1. The monoisotopic (exact) mass is 374 g/mol. The molecule has 0 aliphatic heterocycles. The molecule has 0 saturated heterocycles. The van der Waals surface area contributed by atoms with Crippen LogP contribution in [0.25, 0.3) is 6.08 Å². The summed E-state index contributed by atoms with van der Waals surface area (Å²) < 4.78 is 13.0. The average Bonchev–Trinajstić information content (AvgIpc) is 2.83. The predicted octanol–water partition coefficient (Wildman–Crippen LogP) is 4.27. The summed E-state index contributed by atoms with van der Waals surface area (Å²) in [7, 11) is -0.941. The van der Waals surface area contributed by atoms with Gasteiger partial charge in [-0.15, -0.1) is 0 Å². The zero-order valence-corrected chi connectivity index (χ0v) is 12.8. The Balaban J connectivity index is 1.95. The van der Waals surface area contributed by atoms with Gasteiger partial charge >= 0.3 is 0 Å². The van der Waals surface area contributed by atoms with E-state index >= 15 is 0 Å². The molecule has 88 valence electrons. The Labute approximate surface area is 121 Å². The standard InChI is InChI=1S/C13H11IOS2/c14-13-3-1-12(2-4-13)10-17(15)8-6-11-5-7-16-9-11/h1-9H,10H2. The molecule has 1 aromatic carbocycles. The highest BCUT2D eigenvalue weighted by Gasteiger charge is 1.98. The maximum absolute atomic E-state index is 11.8. The van der Waals surface area contributed by atoms with Crippen LogP contribution in [0, 0.1) is 3.57 Å². The minimum Gasteiger partial charge on any atom is -0.255 e. The van der Waals surface area contributed by atoms with Gasteiger partial charge in [-0.1, -0.05) is 12.1 Å². The quantitative estimate of drug-likeness (QED) is 0.731. The number of hydrogen-bond donors (Lipinski definition) is 0. The number of rotatable bonds is 4. The zero-order valence-electron chi connectivity index (χ0n) is 9.01. The Morgan fingerprint density at radius 3 is 2.65 bits per heavy atom. The smallest absolute Gasteiger partial charge is 0.0526 e. The third-order valence-electron chi connectivity index (χ3n) is 2.18. The normalized spacial score (nSPS) is 13.0. The molecule has 2 aromatic rings. The first-order valence-electron chi connectivity index (χ1n) is 5.06. The van der Waals surface area contributed by atoms with Crippen molar-refractivity contribution in [2.24, 2.45) is 0 Å². The predicted molar refractivity (Wildman–Crippen MR) is 84.4 cm³/mol. The molecule has 2 rings (SSSR count). The van der Waals surface area contributed by atoms with E-state index in [0.29, 0.717) is 5.75 Å². The van der Waals surface area contributed by atoms with Crippen molar-refractivity contribution in [3.05, 3.63) is 61.2 Å². The number of hydrogen-bond acceptors (Lipinski definition) is 2. The first kappa shape index (κ1) is 13.0. The van der Waals surface area contributed by atoms with E-state index in [9.17, 15) is 4.21 Å². The molecule has 1 heterocycles. The van der Waals surface area contributed by atoms with Gasteiger partial charge < -0.3 is 0 Å². The summed E-state index contributed by atoms with van der Waals surface area (Å²) in [4.78, 5) is 0. The molecule has 4 heteroatoms. The highest BCUT2D eigenvalue weighted by molar-refractivity contribution is 14.1. The van der Waals surface area contributed by atoms with Crippen LogP contribution in [0.4, 0.5) is 0 Å². The van der Waals surface area contributed by atoms with Crippen LogP contribution < -0.4 is 0 Å². The van der Waals surface area contributed by atoms with Crippen LogP contribution in [0.3, 0.4) is 0 Å². The van der Waals surface area contributed by atoms with Crippen LogP contribution >= 0.6 is 33.9 Å². The maximum Gasteiger partial charge on any atom is 0.0526 e. The van der Waals surface area contributed by atoms with Crippen molar-refractivity contribution in [1.82, 2.24) is 0 Å². The third kappa shape index (κ3) is 4.37. The van der Waals surface area contributed by atoms with Crippen LogP contribution in [0.1, 0.15) is 11.1 Å². The van der Waals surface area contributed by atoms with Gasteiger partial charge in [0.05, 0.1) is 16.6 Å². The first-order valence-corrected chi connectivity index (χ1v) is 8.46. The first-order chi connectivity index (χ1) is 8.24. The molecule has 0 aliphatic carbocycles. The molecule has 0 radical (unpaired) electrons. The molecule has 1 unspecified atom stereocenters. The van der Waals surface area contributed by atoms with Gasteiger partial charge in [0, 0.05) is 8.98 Å². The van der Waals surface area contributed by atoms with Gasteiger partial charge in [-0.2, -0.15) is 11.3 Å². The van der Waals surface area contributed by atoms with Crippen molar-refractivity contribution in [2.75, 3.05) is 0 Å². The Morgan fingerprint density at radius 1 is 1.24 bits per heavy atom. The minimum absolute atomic E-state index is 0.581. The summed E-state index contributed by atoms with van der Waals surface area (Å²) in [6, 6.07) is 10.1. The molecule has 0 amide bonds. The molecule has 0 spiro atoms. The van der Waals surface area contributed by atoms with E-state index in [0.717, 1.165) is 11.1 Å². The molecule has 1 nitrogen and oxygen atoms in total. The van der Waals surface area contributed by atoms with Gasteiger partial charge in [0.25, 0.3) is 0 Å². The van der Waals surface area contributed by atoms with Crippen molar-refractivity contribution in [3.8, 4) is 0 Å². The van der Waals surface area contributed by atoms with Crippen molar-refractivity contribution in [1.29, 1.82) is 0 Å². The molecule has 0 fully saturated rings. The van der Waals surface area contributed by atoms with E-state index in [2.05, 4.69) is 22.6 Å². The summed E-state index contributed by atoms with van der Waals surface area (Å²) in [5, 5.41) is 5.82. The molecule has 17 heavy (non-hydrogen) atoms.